The first-order chi connectivity index (χ1) is 14.5. The Hall–Kier alpha value is -3.20. The van der Waals surface area contributed by atoms with Crippen LogP contribution in [0.2, 0.25) is 0 Å². The van der Waals surface area contributed by atoms with E-state index in [0.717, 1.165) is 59.7 Å². The van der Waals surface area contributed by atoms with Gasteiger partial charge in [0.25, 0.3) is 0 Å². The first-order valence-electron chi connectivity index (χ1n) is 10.4. The minimum Gasteiger partial charge on any atom is -0.368 e. The van der Waals surface area contributed by atoms with E-state index in [1.807, 2.05) is 25.3 Å². The maximum atomic E-state index is 13.1. The summed E-state index contributed by atoms with van der Waals surface area (Å²) in [7, 11) is 1.79. The lowest BCUT2D eigenvalue weighted by Gasteiger charge is -2.34. The molecule has 0 bridgehead atoms. The minimum atomic E-state index is -0.168. The van der Waals surface area contributed by atoms with Crippen molar-refractivity contribution >= 4 is 34.3 Å². The van der Waals surface area contributed by atoms with E-state index >= 15 is 0 Å². The lowest BCUT2D eigenvalue weighted by molar-refractivity contribution is 0.257. The molecule has 2 amide bonds. The maximum absolute atomic E-state index is 13.1. The van der Waals surface area contributed by atoms with Crippen LogP contribution >= 0.6 is 0 Å². The van der Waals surface area contributed by atoms with E-state index in [1.165, 1.54) is 10.5 Å². The van der Waals surface area contributed by atoms with Crippen LogP contribution in [0.4, 0.5) is 22.0 Å². The monoisotopic (exact) mass is 406 g/mol. The quantitative estimate of drug-likeness (QED) is 0.677. The lowest BCUT2D eigenvalue weighted by atomic mass is 10.1. The number of urea groups is 1. The largest absolute Gasteiger partial charge is 0.368 e. The summed E-state index contributed by atoms with van der Waals surface area (Å²) >= 11 is 0. The van der Waals surface area contributed by atoms with E-state index in [4.69, 9.17) is 0 Å². The van der Waals surface area contributed by atoms with Crippen molar-refractivity contribution in [1.82, 2.24) is 25.3 Å². The van der Waals surface area contributed by atoms with E-state index in [-0.39, 0.29) is 6.03 Å². The topological polar surface area (TPSA) is 91.2 Å². The van der Waals surface area contributed by atoms with Crippen LogP contribution in [0.15, 0.2) is 24.4 Å². The number of aromatic nitrogens is 4. The number of hydrogen-bond donors (Lipinski definition) is 2. The Morgan fingerprint density at radius 3 is 2.83 bits per heavy atom. The fraction of sp³-hybridized carbons (Fsp3) is 0.429. The van der Waals surface area contributed by atoms with Crippen molar-refractivity contribution in [1.29, 1.82) is 0 Å². The molecule has 1 atom stereocenters. The average molecular weight is 406 g/mol. The van der Waals surface area contributed by atoms with Crippen LogP contribution in [0, 0.1) is 6.92 Å². The Morgan fingerprint density at radius 2 is 2.03 bits per heavy atom. The molecule has 0 spiro atoms. The van der Waals surface area contributed by atoms with Crippen LogP contribution in [-0.4, -0.2) is 58.2 Å². The summed E-state index contributed by atoms with van der Waals surface area (Å²) in [6, 6.07) is 6.17. The van der Waals surface area contributed by atoms with Gasteiger partial charge in [-0.2, -0.15) is 15.0 Å². The molecule has 1 aromatic carbocycles. The lowest BCUT2D eigenvalue weighted by Crippen LogP contribution is -2.49. The molecule has 0 radical (unpaired) electrons. The number of anilines is 3. The Morgan fingerprint density at radius 1 is 1.23 bits per heavy atom. The van der Waals surface area contributed by atoms with Gasteiger partial charge in [-0.3, -0.25) is 4.90 Å². The summed E-state index contributed by atoms with van der Waals surface area (Å²) in [5, 5.41) is 15.2. The van der Waals surface area contributed by atoms with Gasteiger partial charge in [0, 0.05) is 62.4 Å². The molecule has 30 heavy (non-hydrogen) atoms. The number of nitrogens with zero attached hydrogens (tertiary/aromatic N) is 6. The predicted octanol–water partition coefficient (Wildman–Crippen LogP) is 2.06. The summed E-state index contributed by atoms with van der Waals surface area (Å²) in [6.07, 6.45) is 2.62. The van der Waals surface area contributed by atoms with Crippen molar-refractivity contribution in [3.63, 3.8) is 0 Å². The van der Waals surface area contributed by atoms with Gasteiger partial charge in [0.2, 0.25) is 0 Å². The van der Waals surface area contributed by atoms with Gasteiger partial charge in [0.15, 0.2) is 0 Å². The molecule has 2 N–H and O–H groups in total. The fourth-order valence-corrected chi connectivity index (χ4v) is 4.41. The zero-order valence-corrected chi connectivity index (χ0v) is 17.5. The van der Waals surface area contributed by atoms with Crippen molar-refractivity contribution in [2.24, 2.45) is 7.05 Å². The molecule has 5 rings (SSSR count). The fourth-order valence-electron chi connectivity index (χ4n) is 4.41. The van der Waals surface area contributed by atoms with Crippen molar-refractivity contribution in [2.45, 2.75) is 26.3 Å². The molecule has 9 nitrogen and oxygen atoms in total. The number of fused-ring (bicyclic) bond motifs is 2. The van der Waals surface area contributed by atoms with Crippen molar-refractivity contribution in [2.75, 3.05) is 41.3 Å². The number of piperazine rings is 1. The molecule has 0 saturated carbocycles. The molecular weight excluding hydrogens is 380 g/mol. The smallest absolute Gasteiger partial charge is 0.327 e. The highest BCUT2D eigenvalue weighted by Gasteiger charge is 2.30. The van der Waals surface area contributed by atoms with E-state index < -0.39 is 0 Å². The average Bonchev–Trinajstić information content (AvgIpc) is 3.30. The van der Waals surface area contributed by atoms with Crippen LogP contribution in [0.3, 0.4) is 0 Å². The highest BCUT2D eigenvalue weighted by molar-refractivity contribution is 6.04. The van der Waals surface area contributed by atoms with E-state index in [9.17, 15) is 4.79 Å². The number of pyridine rings is 1. The zero-order valence-electron chi connectivity index (χ0n) is 17.5. The van der Waals surface area contributed by atoms with Crippen LogP contribution in [0.5, 0.6) is 0 Å². The Bertz CT molecular complexity index is 1120. The second kappa shape index (κ2) is 7.24. The van der Waals surface area contributed by atoms with Gasteiger partial charge in [-0.1, -0.05) is 0 Å². The molecule has 0 unspecified atom stereocenters. The molecule has 9 heteroatoms. The number of benzene rings is 1. The molecule has 1 saturated heterocycles. The molecule has 4 heterocycles. The van der Waals surface area contributed by atoms with E-state index in [0.29, 0.717) is 12.6 Å². The third-order valence-electron chi connectivity index (χ3n) is 5.87. The van der Waals surface area contributed by atoms with Gasteiger partial charge in [-0.15, -0.1) is 0 Å². The van der Waals surface area contributed by atoms with Gasteiger partial charge in [-0.25, -0.2) is 9.78 Å². The number of carbonyl (C=O) groups is 1. The molecule has 0 aliphatic carbocycles. The van der Waals surface area contributed by atoms with Gasteiger partial charge in [-0.05, 0) is 44.0 Å². The molecule has 2 aliphatic rings. The molecule has 2 aliphatic heterocycles. The summed E-state index contributed by atoms with van der Waals surface area (Å²) < 4.78 is 0. The first kappa shape index (κ1) is 18.8. The SMILES string of the molecule is Cc1cc2nn(C)nc2cc1NC(=O)N1CCc2c(N3CCN[C@@H](C)C3)ccnc21. The van der Waals surface area contributed by atoms with Crippen LogP contribution < -0.4 is 20.4 Å². The highest BCUT2D eigenvalue weighted by atomic mass is 16.2. The highest BCUT2D eigenvalue weighted by Crippen LogP contribution is 2.34. The number of nitrogens with one attached hydrogen (secondary N) is 2. The van der Waals surface area contributed by atoms with Crippen LogP contribution in [0.25, 0.3) is 11.0 Å². The summed E-state index contributed by atoms with van der Waals surface area (Å²) in [5.41, 5.74) is 5.62. The molecule has 2 aromatic heterocycles. The third kappa shape index (κ3) is 3.24. The van der Waals surface area contributed by atoms with Crippen LogP contribution in [-0.2, 0) is 13.5 Å². The van der Waals surface area contributed by atoms with E-state index in [2.05, 4.69) is 43.7 Å². The standard InChI is InChI=1S/C21H26N8O/c1-13-10-17-18(26-27(3)25-17)11-16(13)24-21(30)29-8-5-15-19(4-6-23-20(15)29)28-9-7-22-14(2)12-28/h4,6,10-11,14,22H,5,7-9,12H2,1-3H3,(H,24,30)/t14-/m0/s1. The predicted molar refractivity (Wildman–Crippen MR) is 117 cm³/mol. The van der Waals surface area contributed by atoms with Gasteiger partial charge in [0.05, 0.1) is 0 Å². The van der Waals surface area contributed by atoms with Gasteiger partial charge in [0.1, 0.15) is 16.9 Å². The van der Waals surface area contributed by atoms with Gasteiger partial charge < -0.3 is 15.5 Å². The minimum absolute atomic E-state index is 0.168. The second-order valence-corrected chi connectivity index (χ2v) is 8.11. The second-order valence-electron chi connectivity index (χ2n) is 8.11. The third-order valence-corrected chi connectivity index (χ3v) is 5.87. The number of rotatable bonds is 2. The van der Waals surface area contributed by atoms with Crippen molar-refractivity contribution in [3.05, 3.63) is 35.5 Å². The summed E-state index contributed by atoms with van der Waals surface area (Å²) in [5.74, 6) is 0.759. The number of amides is 2. The number of carbonyl (C=O) groups excluding carboxylic acids is 1. The van der Waals surface area contributed by atoms with Crippen LogP contribution in [0.1, 0.15) is 18.1 Å². The molecule has 156 valence electrons. The summed E-state index contributed by atoms with van der Waals surface area (Å²) in [6.45, 7) is 7.67. The van der Waals surface area contributed by atoms with Crippen molar-refractivity contribution in [3.8, 4) is 0 Å². The van der Waals surface area contributed by atoms with Crippen molar-refractivity contribution < 1.29 is 4.79 Å². The van der Waals surface area contributed by atoms with Gasteiger partial charge >= 0.3 is 6.03 Å². The maximum Gasteiger partial charge on any atom is 0.327 e. The number of hydrogen-bond acceptors (Lipinski definition) is 6. The molecule has 1 fully saturated rings. The molecule has 3 aromatic rings. The first-order valence-corrected chi connectivity index (χ1v) is 10.4. The Kier molecular flexibility index (Phi) is 4.54. The Balaban J connectivity index is 1.40. The normalized spacial score (nSPS) is 18.7. The number of aryl methyl sites for hydroxylation is 2. The Labute approximate surface area is 175 Å². The van der Waals surface area contributed by atoms with E-state index in [1.54, 1.807) is 11.9 Å². The zero-order chi connectivity index (χ0) is 20.8. The molecular formula is C21H26N8O. The summed E-state index contributed by atoms with van der Waals surface area (Å²) in [4.78, 5) is 23.3.